The highest BCUT2D eigenvalue weighted by Gasteiger charge is 2.41. The first-order valence-corrected chi connectivity index (χ1v) is 10.2. The van der Waals surface area contributed by atoms with Crippen molar-refractivity contribution in [3.63, 3.8) is 0 Å². The van der Waals surface area contributed by atoms with E-state index in [1.165, 1.54) is 54.1 Å². The van der Waals surface area contributed by atoms with Gasteiger partial charge in [-0.15, -0.1) is 11.3 Å². The predicted molar refractivity (Wildman–Crippen MR) is 97.9 cm³/mol. The third-order valence-corrected chi connectivity index (χ3v) is 6.62. The lowest BCUT2D eigenvalue weighted by Crippen LogP contribution is -2.47. The molecule has 3 heterocycles. The summed E-state index contributed by atoms with van der Waals surface area (Å²) in [5, 5.41) is 8.30. The fraction of sp³-hybridized carbons (Fsp3) is 0.778. The van der Waals surface area contributed by atoms with E-state index in [0.717, 1.165) is 31.8 Å². The Morgan fingerprint density at radius 1 is 1.33 bits per heavy atom. The van der Waals surface area contributed by atoms with Gasteiger partial charge in [0.1, 0.15) is 0 Å². The first kappa shape index (κ1) is 16.3. The summed E-state index contributed by atoms with van der Waals surface area (Å²) >= 11 is 1.93. The van der Waals surface area contributed by atoms with Gasteiger partial charge in [0.15, 0.2) is 5.96 Å². The molecule has 6 heteroatoms. The second-order valence-corrected chi connectivity index (χ2v) is 8.32. The number of thiazole rings is 1. The number of hydrogen-bond acceptors (Lipinski definition) is 4. The van der Waals surface area contributed by atoms with Gasteiger partial charge in [0.2, 0.25) is 0 Å². The van der Waals surface area contributed by atoms with E-state index in [0.29, 0.717) is 18.2 Å². The molecule has 4 rings (SSSR count). The van der Waals surface area contributed by atoms with E-state index in [9.17, 15) is 0 Å². The van der Waals surface area contributed by atoms with Crippen LogP contribution in [0.25, 0.3) is 0 Å². The van der Waals surface area contributed by atoms with Gasteiger partial charge < -0.3 is 15.4 Å². The highest BCUT2D eigenvalue weighted by Crippen LogP contribution is 2.34. The quantitative estimate of drug-likeness (QED) is 0.487. The zero-order valence-electron chi connectivity index (χ0n) is 14.5. The van der Waals surface area contributed by atoms with Crippen molar-refractivity contribution >= 4 is 17.3 Å². The smallest absolute Gasteiger partial charge is 0.191 e. The third-order valence-electron chi connectivity index (χ3n) is 5.40. The van der Waals surface area contributed by atoms with Crippen LogP contribution in [0.15, 0.2) is 4.99 Å². The Bertz CT molecular complexity index is 576. The number of rotatable bonds is 5. The molecular weight excluding hydrogens is 320 g/mol. The van der Waals surface area contributed by atoms with Crippen LogP contribution in [0.5, 0.6) is 0 Å². The Kier molecular flexibility index (Phi) is 5.03. The molecule has 3 aliphatic rings. The van der Waals surface area contributed by atoms with Crippen LogP contribution in [-0.4, -0.2) is 42.8 Å². The Balaban J connectivity index is 1.19. The largest absolute Gasteiger partial charge is 0.373 e. The lowest BCUT2D eigenvalue weighted by Gasteiger charge is -2.22. The Morgan fingerprint density at radius 3 is 3.00 bits per heavy atom. The Hall–Kier alpha value is -1.14. The molecule has 2 aliphatic heterocycles. The summed E-state index contributed by atoms with van der Waals surface area (Å²) in [5.41, 5.74) is 1.38. The summed E-state index contributed by atoms with van der Waals surface area (Å²) in [7, 11) is 1.85. The molecule has 3 atom stereocenters. The van der Waals surface area contributed by atoms with Crippen LogP contribution in [0, 0.1) is 0 Å². The summed E-state index contributed by atoms with van der Waals surface area (Å²) in [4.78, 5) is 10.7. The number of guanidine groups is 1. The van der Waals surface area contributed by atoms with Gasteiger partial charge >= 0.3 is 0 Å². The predicted octanol–water partition coefficient (Wildman–Crippen LogP) is 2.44. The van der Waals surface area contributed by atoms with Crippen molar-refractivity contribution in [3.05, 3.63) is 15.6 Å². The molecular formula is C18H28N4OS. The van der Waals surface area contributed by atoms with Crippen LogP contribution in [0.3, 0.4) is 0 Å². The summed E-state index contributed by atoms with van der Waals surface area (Å²) in [6.07, 6.45) is 11.6. The maximum absolute atomic E-state index is 5.90. The average molecular weight is 349 g/mol. The third kappa shape index (κ3) is 3.59. The molecule has 2 N–H and O–H groups in total. The average Bonchev–Trinajstić information content (AvgIpc) is 3.31. The van der Waals surface area contributed by atoms with Gasteiger partial charge in [-0.2, -0.15) is 0 Å². The molecule has 0 saturated carbocycles. The Labute approximate surface area is 148 Å². The SMILES string of the molecule is CN=C(NCCCc1nc2c(s1)CCCC2)NC1CC2CCC1O2. The number of ether oxygens (including phenoxy) is 1. The van der Waals surface area contributed by atoms with Gasteiger partial charge in [-0.25, -0.2) is 4.98 Å². The van der Waals surface area contributed by atoms with Crippen LogP contribution in [0.4, 0.5) is 0 Å². The van der Waals surface area contributed by atoms with Gasteiger partial charge in [-0.3, -0.25) is 4.99 Å². The van der Waals surface area contributed by atoms with E-state index >= 15 is 0 Å². The highest BCUT2D eigenvalue weighted by molar-refractivity contribution is 7.11. The molecule has 3 unspecified atom stereocenters. The minimum Gasteiger partial charge on any atom is -0.373 e. The molecule has 1 aromatic heterocycles. The molecule has 2 saturated heterocycles. The molecule has 1 aliphatic carbocycles. The number of fused-ring (bicyclic) bond motifs is 3. The van der Waals surface area contributed by atoms with Gasteiger partial charge in [0.25, 0.3) is 0 Å². The van der Waals surface area contributed by atoms with Crippen LogP contribution < -0.4 is 10.6 Å². The first-order valence-electron chi connectivity index (χ1n) is 9.42. The van der Waals surface area contributed by atoms with Crippen molar-refractivity contribution in [3.8, 4) is 0 Å². The monoisotopic (exact) mass is 348 g/mol. The zero-order valence-corrected chi connectivity index (χ0v) is 15.3. The number of hydrogen-bond donors (Lipinski definition) is 2. The van der Waals surface area contributed by atoms with Gasteiger partial charge in [0.05, 0.1) is 29.0 Å². The lowest BCUT2D eigenvalue weighted by atomic mass is 9.96. The summed E-state index contributed by atoms with van der Waals surface area (Å²) in [5.74, 6) is 0.912. The molecule has 132 valence electrons. The highest BCUT2D eigenvalue weighted by atomic mass is 32.1. The molecule has 5 nitrogen and oxygen atoms in total. The number of nitrogens with zero attached hydrogens (tertiary/aromatic N) is 2. The number of aryl methyl sites for hydroxylation is 3. The molecule has 2 fully saturated rings. The zero-order chi connectivity index (χ0) is 16.4. The van der Waals surface area contributed by atoms with E-state index in [-0.39, 0.29) is 0 Å². The normalized spacial score (nSPS) is 28.9. The lowest BCUT2D eigenvalue weighted by molar-refractivity contribution is 0.0992. The van der Waals surface area contributed by atoms with Crippen LogP contribution in [0.2, 0.25) is 0 Å². The Morgan fingerprint density at radius 2 is 2.25 bits per heavy atom. The van der Waals surface area contributed by atoms with Gasteiger partial charge in [-0.1, -0.05) is 0 Å². The molecule has 0 radical (unpaired) electrons. The van der Waals surface area contributed by atoms with E-state index in [1.54, 1.807) is 0 Å². The summed E-state index contributed by atoms with van der Waals surface area (Å²) < 4.78 is 5.90. The van der Waals surface area contributed by atoms with Crippen LogP contribution >= 0.6 is 11.3 Å². The molecule has 0 amide bonds. The van der Waals surface area contributed by atoms with E-state index in [1.807, 2.05) is 18.4 Å². The van der Waals surface area contributed by atoms with Crippen LogP contribution in [0.1, 0.15) is 54.1 Å². The van der Waals surface area contributed by atoms with E-state index in [2.05, 4.69) is 15.6 Å². The minimum atomic E-state index is 0.384. The fourth-order valence-corrected chi connectivity index (χ4v) is 5.32. The maximum atomic E-state index is 5.90. The van der Waals surface area contributed by atoms with Crippen molar-refractivity contribution in [2.24, 2.45) is 4.99 Å². The van der Waals surface area contributed by atoms with E-state index < -0.39 is 0 Å². The number of aromatic nitrogens is 1. The standard InChI is InChI=1S/C18H28N4OS/c1-19-18(22-14-11-12-8-9-15(14)23-12)20-10-4-7-17-21-13-5-2-3-6-16(13)24-17/h12,14-15H,2-11H2,1H3,(H2,19,20,22). The molecule has 2 bridgehead atoms. The fourth-order valence-electron chi connectivity index (χ4n) is 4.12. The second-order valence-electron chi connectivity index (χ2n) is 7.15. The first-order chi connectivity index (χ1) is 11.8. The second kappa shape index (κ2) is 7.40. The molecule has 0 spiro atoms. The number of nitrogens with one attached hydrogen (secondary N) is 2. The summed E-state index contributed by atoms with van der Waals surface area (Å²) in [6.45, 7) is 0.936. The van der Waals surface area contributed by atoms with Crippen molar-refractivity contribution in [1.82, 2.24) is 15.6 Å². The number of aliphatic imine (C=N–C) groups is 1. The molecule has 1 aromatic rings. The van der Waals surface area contributed by atoms with Crippen molar-refractivity contribution in [1.29, 1.82) is 0 Å². The van der Waals surface area contributed by atoms with Gasteiger partial charge in [-0.05, 0) is 51.4 Å². The van der Waals surface area contributed by atoms with Gasteiger partial charge in [0, 0.05) is 24.9 Å². The van der Waals surface area contributed by atoms with E-state index in [4.69, 9.17) is 9.72 Å². The minimum absolute atomic E-state index is 0.384. The van der Waals surface area contributed by atoms with Crippen molar-refractivity contribution in [2.75, 3.05) is 13.6 Å². The molecule has 0 aromatic carbocycles. The van der Waals surface area contributed by atoms with Crippen LogP contribution in [-0.2, 0) is 24.0 Å². The topological polar surface area (TPSA) is 58.5 Å². The van der Waals surface area contributed by atoms with Crippen molar-refractivity contribution in [2.45, 2.75) is 76.0 Å². The van der Waals surface area contributed by atoms with Crippen molar-refractivity contribution < 1.29 is 4.74 Å². The summed E-state index contributed by atoms with van der Waals surface area (Å²) in [6, 6.07) is 0.431. The molecule has 24 heavy (non-hydrogen) atoms. The maximum Gasteiger partial charge on any atom is 0.191 e.